The zero-order chi connectivity index (χ0) is 12.1. The quantitative estimate of drug-likeness (QED) is 0.600. The van der Waals surface area contributed by atoms with E-state index in [1.807, 2.05) is 19.9 Å². The molecule has 0 aliphatic carbocycles. The Morgan fingerprint density at radius 3 is 2.81 bits per heavy atom. The molecule has 0 amide bonds. The lowest BCUT2D eigenvalue weighted by molar-refractivity contribution is 0.211. The van der Waals surface area contributed by atoms with Gasteiger partial charge in [-0.05, 0) is 19.9 Å². The van der Waals surface area contributed by atoms with E-state index in [0.717, 1.165) is 29.2 Å². The number of hydrogen-bond acceptors (Lipinski definition) is 4. The van der Waals surface area contributed by atoms with Crippen molar-refractivity contribution in [2.24, 2.45) is 5.73 Å². The average Bonchev–Trinajstić information content (AvgIpc) is 2.16. The van der Waals surface area contributed by atoms with Crippen LogP contribution < -0.4 is 11.1 Å². The molecule has 0 aliphatic heterocycles. The highest BCUT2D eigenvalue weighted by Gasteiger charge is 2.10. The predicted molar refractivity (Wildman–Crippen MR) is 70.0 cm³/mol. The minimum absolute atomic E-state index is 0.366. The second kappa shape index (κ2) is 5.77. The van der Waals surface area contributed by atoms with Crippen LogP contribution >= 0.6 is 12.2 Å². The fourth-order valence-corrected chi connectivity index (χ4v) is 1.82. The van der Waals surface area contributed by atoms with Crippen LogP contribution in [0.5, 0.6) is 0 Å². The smallest absolute Gasteiger partial charge is 0.107 e. The maximum absolute atomic E-state index is 5.69. The van der Waals surface area contributed by atoms with Gasteiger partial charge in [-0.2, -0.15) is 0 Å². The Morgan fingerprint density at radius 2 is 2.25 bits per heavy atom. The van der Waals surface area contributed by atoms with Gasteiger partial charge in [0.2, 0.25) is 0 Å². The fraction of sp³-hybridized carbons (Fsp3) is 0.455. The molecule has 3 N–H and O–H groups in total. The highest BCUT2D eigenvalue weighted by molar-refractivity contribution is 7.80. The van der Waals surface area contributed by atoms with E-state index in [-0.39, 0.29) is 0 Å². The monoisotopic (exact) mass is 239 g/mol. The van der Waals surface area contributed by atoms with E-state index >= 15 is 0 Å². The molecule has 0 fully saturated rings. The van der Waals surface area contributed by atoms with Crippen molar-refractivity contribution in [2.45, 2.75) is 13.8 Å². The fourth-order valence-electron chi connectivity index (χ4n) is 1.57. The molecule has 0 atom stereocenters. The standard InChI is InChI=1S/C11H17N3OS/c1-7-6-9(13-4-5-15-3)10(11(12)16)8(2)14-7/h6H,4-5H2,1-3H3,(H2,12,16)(H,13,14). The van der Waals surface area contributed by atoms with E-state index in [4.69, 9.17) is 22.7 Å². The van der Waals surface area contributed by atoms with Gasteiger partial charge in [-0.3, -0.25) is 4.98 Å². The highest BCUT2D eigenvalue weighted by atomic mass is 32.1. The molecule has 4 nitrogen and oxygen atoms in total. The lowest BCUT2D eigenvalue weighted by Crippen LogP contribution is -2.18. The molecule has 0 aliphatic rings. The minimum Gasteiger partial charge on any atom is -0.389 e. The molecule has 1 rings (SSSR count). The van der Waals surface area contributed by atoms with Gasteiger partial charge in [-0.15, -0.1) is 0 Å². The SMILES string of the molecule is COCCNc1cc(C)nc(C)c1C(N)=S. The Hall–Kier alpha value is -1.20. The van der Waals surface area contributed by atoms with Crippen molar-refractivity contribution >= 4 is 22.9 Å². The Bertz CT molecular complexity index is 393. The second-order valence-corrected chi connectivity index (χ2v) is 4.00. The van der Waals surface area contributed by atoms with Crippen molar-refractivity contribution < 1.29 is 4.74 Å². The van der Waals surface area contributed by atoms with Crippen LogP contribution in [-0.4, -0.2) is 30.2 Å². The molecule has 1 heterocycles. The highest BCUT2D eigenvalue weighted by Crippen LogP contribution is 2.19. The second-order valence-electron chi connectivity index (χ2n) is 3.56. The summed E-state index contributed by atoms with van der Waals surface area (Å²) in [5, 5.41) is 3.24. The average molecular weight is 239 g/mol. The summed E-state index contributed by atoms with van der Waals surface area (Å²) in [6.07, 6.45) is 0. The number of nitrogens with zero attached hydrogens (tertiary/aromatic N) is 1. The molecule has 0 aromatic carbocycles. The van der Waals surface area contributed by atoms with Gasteiger partial charge >= 0.3 is 0 Å². The predicted octanol–water partition coefficient (Wildman–Crippen LogP) is 1.39. The number of thiocarbonyl (C=S) groups is 1. The number of hydrogen-bond donors (Lipinski definition) is 2. The first-order valence-corrected chi connectivity index (χ1v) is 5.48. The molecule has 0 bridgehead atoms. The van der Waals surface area contributed by atoms with E-state index in [1.54, 1.807) is 7.11 Å². The Morgan fingerprint density at radius 1 is 1.56 bits per heavy atom. The number of nitrogens with two attached hydrogens (primary N) is 1. The first-order chi connectivity index (χ1) is 7.56. The summed E-state index contributed by atoms with van der Waals surface area (Å²) >= 11 is 5.03. The van der Waals surface area contributed by atoms with Crippen LogP contribution in [0, 0.1) is 13.8 Å². The molecule has 0 saturated carbocycles. The van der Waals surface area contributed by atoms with Crippen LogP contribution in [0.1, 0.15) is 17.0 Å². The summed E-state index contributed by atoms with van der Waals surface area (Å²) in [6, 6.07) is 1.94. The van der Waals surface area contributed by atoms with Gasteiger partial charge < -0.3 is 15.8 Å². The third-order valence-electron chi connectivity index (χ3n) is 2.20. The normalized spacial score (nSPS) is 10.2. The van der Waals surface area contributed by atoms with E-state index in [9.17, 15) is 0 Å². The number of anilines is 1. The van der Waals surface area contributed by atoms with Crippen molar-refractivity contribution in [1.29, 1.82) is 0 Å². The summed E-state index contributed by atoms with van der Waals surface area (Å²) in [5.41, 5.74) is 9.23. The molecule has 0 radical (unpaired) electrons. The van der Waals surface area contributed by atoms with Gasteiger partial charge in [-0.25, -0.2) is 0 Å². The van der Waals surface area contributed by atoms with Gasteiger partial charge in [0.15, 0.2) is 0 Å². The van der Waals surface area contributed by atoms with Crippen molar-refractivity contribution in [3.05, 3.63) is 23.0 Å². The Labute approximate surface area is 101 Å². The molecule has 0 spiro atoms. The van der Waals surface area contributed by atoms with Crippen LogP contribution in [0.4, 0.5) is 5.69 Å². The molecule has 1 aromatic rings. The minimum atomic E-state index is 0.366. The molecular formula is C11H17N3OS. The van der Waals surface area contributed by atoms with Crippen LogP contribution in [-0.2, 0) is 4.74 Å². The molecule has 0 unspecified atom stereocenters. The van der Waals surface area contributed by atoms with Gasteiger partial charge in [0, 0.05) is 30.7 Å². The van der Waals surface area contributed by atoms with Crippen molar-refractivity contribution in [2.75, 3.05) is 25.6 Å². The number of nitrogens with one attached hydrogen (secondary N) is 1. The maximum atomic E-state index is 5.69. The zero-order valence-electron chi connectivity index (χ0n) is 9.83. The lowest BCUT2D eigenvalue weighted by atomic mass is 10.1. The lowest BCUT2D eigenvalue weighted by Gasteiger charge is -2.13. The third-order valence-corrected chi connectivity index (χ3v) is 2.40. The first kappa shape index (κ1) is 12.9. The van der Waals surface area contributed by atoms with Crippen LogP contribution in [0.2, 0.25) is 0 Å². The Kier molecular flexibility index (Phi) is 4.64. The van der Waals surface area contributed by atoms with Crippen LogP contribution in [0.25, 0.3) is 0 Å². The summed E-state index contributed by atoms with van der Waals surface area (Å²) in [4.78, 5) is 4.71. The molecular weight excluding hydrogens is 222 g/mol. The number of aromatic nitrogens is 1. The number of methoxy groups -OCH3 is 1. The number of aryl methyl sites for hydroxylation is 2. The van der Waals surface area contributed by atoms with Crippen LogP contribution in [0.15, 0.2) is 6.07 Å². The van der Waals surface area contributed by atoms with Crippen molar-refractivity contribution in [1.82, 2.24) is 4.98 Å². The zero-order valence-corrected chi connectivity index (χ0v) is 10.6. The first-order valence-electron chi connectivity index (χ1n) is 5.07. The number of rotatable bonds is 5. The summed E-state index contributed by atoms with van der Waals surface area (Å²) in [7, 11) is 1.67. The van der Waals surface area contributed by atoms with Gasteiger partial charge in [0.25, 0.3) is 0 Å². The van der Waals surface area contributed by atoms with Crippen molar-refractivity contribution in [3.63, 3.8) is 0 Å². The van der Waals surface area contributed by atoms with E-state index in [2.05, 4.69) is 10.3 Å². The molecule has 0 saturated heterocycles. The largest absolute Gasteiger partial charge is 0.389 e. The van der Waals surface area contributed by atoms with E-state index in [0.29, 0.717) is 11.6 Å². The molecule has 5 heteroatoms. The van der Waals surface area contributed by atoms with Gasteiger partial charge in [-0.1, -0.05) is 12.2 Å². The summed E-state index contributed by atoms with van der Waals surface area (Å²) in [5.74, 6) is 0. The van der Waals surface area contributed by atoms with Gasteiger partial charge in [0.1, 0.15) is 4.99 Å². The topological polar surface area (TPSA) is 60.2 Å². The van der Waals surface area contributed by atoms with E-state index < -0.39 is 0 Å². The number of pyridine rings is 1. The molecule has 16 heavy (non-hydrogen) atoms. The molecule has 88 valence electrons. The third kappa shape index (κ3) is 3.15. The summed E-state index contributed by atoms with van der Waals surface area (Å²) in [6.45, 7) is 5.20. The molecule has 1 aromatic heterocycles. The number of ether oxygens (including phenoxy) is 1. The summed E-state index contributed by atoms with van der Waals surface area (Å²) < 4.78 is 4.98. The maximum Gasteiger partial charge on any atom is 0.107 e. The Balaban J connectivity index is 2.99. The van der Waals surface area contributed by atoms with E-state index in [1.165, 1.54) is 0 Å². The van der Waals surface area contributed by atoms with Crippen LogP contribution in [0.3, 0.4) is 0 Å². The van der Waals surface area contributed by atoms with Crippen molar-refractivity contribution in [3.8, 4) is 0 Å². The van der Waals surface area contributed by atoms with Gasteiger partial charge in [0.05, 0.1) is 12.2 Å².